The van der Waals surface area contributed by atoms with E-state index < -0.39 is 28.8 Å². The van der Waals surface area contributed by atoms with Crippen molar-refractivity contribution in [2.75, 3.05) is 25.1 Å². The SMILES string of the molecule is COC(=O)CNC(=O)c1ccc(N2CCC[C@H]2C(=O)O)c([N+](=O)[O-])c1. The third kappa shape index (κ3) is 4.03. The zero-order valence-corrected chi connectivity index (χ0v) is 13.4. The van der Waals surface area contributed by atoms with Gasteiger partial charge in [0.05, 0.1) is 12.0 Å². The minimum absolute atomic E-state index is 0.00887. The smallest absolute Gasteiger partial charge is 0.326 e. The number of ether oxygens (including phenoxy) is 1. The Labute approximate surface area is 142 Å². The quantitative estimate of drug-likeness (QED) is 0.430. The fourth-order valence-corrected chi connectivity index (χ4v) is 2.69. The van der Waals surface area contributed by atoms with Crippen LogP contribution in [0.15, 0.2) is 18.2 Å². The van der Waals surface area contributed by atoms with Gasteiger partial charge >= 0.3 is 11.9 Å². The molecule has 1 amide bonds. The van der Waals surface area contributed by atoms with Gasteiger partial charge in [0.2, 0.25) is 0 Å². The van der Waals surface area contributed by atoms with E-state index in [2.05, 4.69) is 10.1 Å². The van der Waals surface area contributed by atoms with Crippen LogP contribution in [0, 0.1) is 10.1 Å². The number of amides is 1. The predicted molar refractivity (Wildman–Crippen MR) is 85.4 cm³/mol. The van der Waals surface area contributed by atoms with Gasteiger partial charge in [0, 0.05) is 18.2 Å². The summed E-state index contributed by atoms with van der Waals surface area (Å²) in [6.45, 7) is 0.0176. The molecular formula is C15H17N3O7. The number of nitro benzene ring substituents is 1. The maximum absolute atomic E-state index is 12.0. The van der Waals surface area contributed by atoms with Crippen molar-refractivity contribution in [2.24, 2.45) is 0 Å². The average Bonchev–Trinajstić information content (AvgIpc) is 3.08. The van der Waals surface area contributed by atoms with Crippen LogP contribution in [0.4, 0.5) is 11.4 Å². The maximum Gasteiger partial charge on any atom is 0.326 e. The first kappa shape index (κ1) is 18.2. The Balaban J connectivity index is 2.29. The number of carbonyl (C=O) groups is 3. The van der Waals surface area contributed by atoms with Crippen molar-refractivity contribution < 1.29 is 29.2 Å². The molecule has 1 aromatic carbocycles. The Morgan fingerprint density at radius 1 is 1.44 bits per heavy atom. The summed E-state index contributed by atoms with van der Waals surface area (Å²) >= 11 is 0. The predicted octanol–water partition coefficient (Wildman–Crippen LogP) is 0.551. The monoisotopic (exact) mass is 351 g/mol. The Kier molecular flexibility index (Phi) is 5.52. The van der Waals surface area contributed by atoms with Crippen molar-refractivity contribution in [3.05, 3.63) is 33.9 Å². The van der Waals surface area contributed by atoms with E-state index in [0.717, 1.165) is 6.07 Å². The van der Waals surface area contributed by atoms with Crippen LogP contribution in [0.1, 0.15) is 23.2 Å². The Bertz CT molecular complexity index is 719. The van der Waals surface area contributed by atoms with Crippen molar-refractivity contribution in [2.45, 2.75) is 18.9 Å². The van der Waals surface area contributed by atoms with Gasteiger partial charge in [-0.3, -0.25) is 19.7 Å². The Morgan fingerprint density at radius 2 is 2.16 bits per heavy atom. The Morgan fingerprint density at radius 3 is 2.76 bits per heavy atom. The van der Waals surface area contributed by atoms with E-state index >= 15 is 0 Å². The Hall–Kier alpha value is -3.17. The minimum atomic E-state index is -1.05. The molecule has 0 aliphatic carbocycles. The number of rotatable bonds is 6. The molecule has 0 saturated carbocycles. The van der Waals surface area contributed by atoms with Gasteiger partial charge in [-0.25, -0.2) is 4.79 Å². The number of nitrogens with one attached hydrogen (secondary N) is 1. The van der Waals surface area contributed by atoms with Crippen LogP contribution in [0.2, 0.25) is 0 Å². The molecule has 10 nitrogen and oxygen atoms in total. The third-order valence-electron chi connectivity index (χ3n) is 3.90. The maximum atomic E-state index is 12.0. The number of hydrogen-bond acceptors (Lipinski definition) is 7. The van der Waals surface area contributed by atoms with Crippen molar-refractivity contribution in [3.8, 4) is 0 Å². The second kappa shape index (κ2) is 7.60. The van der Waals surface area contributed by atoms with Gasteiger partial charge in [0.1, 0.15) is 18.3 Å². The van der Waals surface area contributed by atoms with E-state index in [1.165, 1.54) is 24.1 Å². The van der Waals surface area contributed by atoms with Crippen molar-refractivity contribution in [1.82, 2.24) is 5.32 Å². The molecule has 1 aromatic rings. The molecule has 1 saturated heterocycles. The zero-order chi connectivity index (χ0) is 18.6. The van der Waals surface area contributed by atoms with Crippen LogP contribution in [0.5, 0.6) is 0 Å². The molecule has 0 spiro atoms. The summed E-state index contributed by atoms with van der Waals surface area (Å²) in [4.78, 5) is 46.5. The highest BCUT2D eigenvalue weighted by atomic mass is 16.6. The molecule has 25 heavy (non-hydrogen) atoms. The van der Waals surface area contributed by atoms with Crippen LogP contribution in [0.3, 0.4) is 0 Å². The molecule has 1 aliphatic heterocycles. The lowest BCUT2D eigenvalue weighted by atomic mass is 10.1. The summed E-state index contributed by atoms with van der Waals surface area (Å²) in [5.41, 5.74) is -0.219. The van der Waals surface area contributed by atoms with Gasteiger partial charge in [-0.05, 0) is 25.0 Å². The molecule has 1 atom stereocenters. The van der Waals surface area contributed by atoms with Gasteiger partial charge in [-0.15, -0.1) is 0 Å². The summed E-state index contributed by atoms with van der Waals surface area (Å²) in [6, 6.07) is 2.94. The average molecular weight is 351 g/mol. The first-order chi connectivity index (χ1) is 11.8. The molecule has 10 heteroatoms. The summed E-state index contributed by atoms with van der Waals surface area (Å²) in [6.07, 6.45) is 1.00. The molecule has 1 heterocycles. The molecule has 0 radical (unpaired) electrons. The lowest BCUT2D eigenvalue weighted by Crippen LogP contribution is -2.36. The molecule has 0 bridgehead atoms. The van der Waals surface area contributed by atoms with Crippen LogP contribution < -0.4 is 10.2 Å². The number of carbonyl (C=O) groups excluding carboxylic acids is 2. The number of nitro groups is 1. The molecule has 0 unspecified atom stereocenters. The van der Waals surface area contributed by atoms with Gasteiger partial charge in [0.25, 0.3) is 11.6 Å². The van der Waals surface area contributed by atoms with E-state index in [4.69, 9.17) is 0 Å². The molecule has 1 aliphatic rings. The number of benzene rings is 1. The van der Waals surface area contributed by atoms with E-state index in [1.807, 2.05) is 0 Å². The largest absolute Gasteiger partial charge is 0.480 e. The van der Waals surface area contributed by atoms with Crippen molar-refractivity contribution in [1.29, 1.82) is 0 Å². The number of carboxylic acid groups (broad SMARTS) is 1. The fraction of sp³-hybridized carbons (Fsp3) is 0.400. The van der Waals surface area contributed by atoms with Gasteiger partial charge in [0.15, 0.2) is 0 Å². The van der Waals surface area contributed by atoms with Crippen LogP contribution in [-0.4, -0.2) is 54.1 Å². The highest BCUT2D eigenvalue weighted by molar-refractivity contribution is 5.97. The summed E-state index contributed by atoms with van der Waals surface area (Å²) < 4.78 is 4.40. The summed E-state index contributed by atoms with van der Waals surface area (Å²) in [7, 11) is 1.17. The number of hydrogen-bond donors (Lipinski definition) is 2. The lowest BCUT2D eigenvalue weighted by Gasteiger charge is -2.23. The van der Waals surface area contributed by atoms with Crippen LogP contribution >= 0.6 is 0 Å². The first-order valence-electron chi connectivity index (χ1n) is 7.48. The molecule has 1 fully saturated rings. The fourth-order valence-electron chi connectivity index (χ4n) is 2.69. The van der Waals surface area contributed by atoms with Crippen molar-refractivity contribution >= 4 is 29.2 Å². The van der Waals surface area contributed by atoms with E-state index in [-0.39, 0.29) is 23.5 Å². The standard InChI is InChI=1S/C15H17N3O7/c1-25-13(19)8-16-14(20)9-4-5-10(12(7-9)18(23)24)17-6-2-3-11(17)15(21)22/h4-5,7,11H,2-3,6,8H2,1H3,(H,16,20)(H,21,22)/t11-/m0/s1. The van der Waals surface area contributed by atoms with Gasteiger partial charge < -0.3 is 20.1 Å². The minimum Gasteiger partial charge on any atom is -0.480 e. The number of carboxylic acids is 1. The summed E-state index contributed by atoms with van der Waals surface area (Å²) in [5.74, 6) is -2.37. The summed E-state index contributed by atoms with van der Waals surface area (Å²) in [5, 5.41) is 22.9. The molecule has 0 aromatic heterocycles. The van der Waals surface area contributed by atoms with Crippen LogP contribution in [0.25, 0.3) is 0 Å². The number of nitrogens with zero attached hydrogens (tertiary/aromatic N) is 2. The topological polar surface area (TPSA) is 139 Å². The molecule has 2 rings (SSSR count). The lowest BCUT2D eigenvalue weighted by molar-refractivity contribution is -0.384. The van der Waals surface area contributed by atoms with Gasteiger partial charge in [-0.1, -0.05) is 0 Å². The van der Waals surface area contributed by atoms with E-state index in [1.54, 1.807) is 0 Å². The second-order valence-corrected chi connectivity index (χ2v) is 5.41. The number of aliphatic carboxylic acids is 1. The van der Waals surface area contributed by atoms with Crippen molar-refractivity contribution in [3.63, 3.8) is 0 Å². The highest BCUT2D eigenvalue weighted by Crippen LogP contribution is 2.34. The third-order valence-corrected chi connectivity index (χ3v) is 3.90. The number of methoxy groups -OCH3 is 1. The number of anilines is 1. The normalized spacial score (nSPS) is 16.4. The molecular weight excluding hydrogens is 334 g/mol. The van der Waals surface area contributed by atoms with Gasteiger partial charge in [-0.2, -0.15) is 0 Å². The van der Waals surface area contributed by atoms with Crippen LogP contribution in [-0.2, 0) is 14.3 Å². The highest BCUT2D eigenvalue weighted by Gasteiger charge is 2.34. The molecule has 2 N–H and O–H groups in total. The second-order valence-electron chi connectivity index (χ2n) is 5.41. The molecule has 134 valence electrons. The number of esters is 1. The van der Waals surface area contributed by atoms with E-state index in [0.29, 0.717) is 19.4 Å². The zero-order valence-electron chi connectivity index (χ0n) is 13.4. The first-order valence-corrected chi connectivity index (χ1v) is 7.48. The van der Waals surface area contributed by atoms with E-state index in [9.17, 15) is 29.6 Å².